The fourth-order valence-electron chi connectivity index (χ4n) is 1.28. The first kappa shape index (κ1) is 13.1. The van der Waals surface area contributed by atoms with Gasteiger partial charge in [-0.3, -0.25) is 10.1 Å². The van der Waals surface area contributed by atoms with Gasteiger partial charge in [0.05, 0.1) is 17.6 Å². The molecule has 0 aliphatic heterocycles. The molecule has 94 valence electrons. The predicted octanol–water partition coefficient (Wildman–Crippen LogP) is 2.72. The van der Waals surface area contributed by atoms with Crippen LogP contribution in [0, 0.1) is 10.1 Å². The summed E-state index contributed by atoms with van der Waals surface area (Å²) >= 11 is 0. The molecule has 0 spiro atoms. The molecule has 1 aromatic carbocycles. The zero-order valence-electron chi connectivity index (χ0n) is 8.61. The zero-order valence-corrected chi connectivity index (χ0v) is 8.61. The number of rotatable bonds is 3. The summed E-state index contributed by atoms with van der Waals surface area (Å²) in [5.41, 5.74) is -2.73. The third-order valence-electron chi connectivity index (χ3n) is 1.85. The van der Waals surface area contributed by atoms with Gasteiger partial charge in [0.2, 0.25) is 0 Å². The van der Waals surface area contributed by atoms with E-state index in [2.05, 4.69) is 4.74 Å². The van der Waals surface area contributed by atoms with Gasteiger partial charge >= 0.3 is 6.18 Å². The van der Waals surface area contributed by atoms with Gasteiger partial charge in [-0.25, -0.2) is 0 Å². The van der Waals surface area contributed by atoms with Crippen molar-refractivity contribution in [2.75, 3.05) is 6.61 Å². The molecule has 0 unspecified atom stereocenters. The van der Waals surface area contributed by atoms with Crippen molar-refractivity contribution in [1.82, 2.24) is 0 Å². The van der Waals surface area contributed by atoms with E-state index in [9.17, 15) is 23.3 Å². The van der Waals surface area contributed by atoms with E-state index in [0.717, 1.165) is 0 Å². The Morgan fingerprint density at radius 1 is 1.47 bits per heavy atom. The Labute approximate surface area is 93.6 Å². The van der Waals surface area contributed by atoms with Gasteiger partial charge in [0.15, 0.2) is 5.56 Å². The minimum absolute atomic E-state index is 0.107. The summed E-state index contributed by atoms with van der Waals surface area (Å²) in [7, 11) is 0. The lowest BCUT2D eigenvalue weighted by Gasteiger charge is -2.13. The standard InChI is InChI=1S/C9H8F3NO4/c1-2-17-7-4-5(14)3-6(13(15)16)8(7)9(10,11)12/h3-4,14H,2H2,1H3. The van der Waals surface area contributed by atoms with Gasteiger partial charge in [-0.2, -0.15) is 13.2 Å². The zero-order chi connectivity index (χ0) is 13.2. The highest BCUT2D eigenvalue weighted by Crippen LogP contribution is 2.44. The molecule has 0 fully saturated rings. The maximum absolute atomic E-state index is 12.7. The Kier molecular flexibility index (Phi) is 3.45. The fourth-order valence-corrected chi connectivity index (χ4v) is 1.28. The molecule has 0 atom stereocenters. The van der Waals surface area contributed by atoms with Crippen molar-refractivity contribution in [3.8, 4) is 11.5 Å². The van der Waals surface area contributed by atoms with Gasteiger partial charge < -0.3 is 9.84 Å². The average Bonchev–Trinajstić information content (AvgIpc) is 2.14. The molecule has 0 bridgehead atoms. The van der Waals surface area contributed by atoms with Crippen LogP contribution in [-0.2, 0) is 6.18 Å². The molecule has 8 heteroatoms. The topological polar surface area (TPSA) is 72.6 Å². The van der Waals surface area contributed by atoms with Crippen molar-refractivity contribution < 1.29 is 27.9 Å². The molecule has 1 rings (SSSR count). The Morgan fingerprint density at radius 3 is 2.47 bits per heavy atom. The second-order valence-electron chi connectivity index (χ2n) is 3.03. The van der Waals surface area contributed by atoms with E-state index in [1.807, 2.05) is 0 Å². The molecule has 0 heterocycles. The van der Waals surface area contributed by atoms with Crippen molar-refractivity contribution in [2.24, 2.45) is 0 Å². The van der Waals surface area contributed by atoms with E-state index in [-0.39, 0.29) is 6.61 Å². The van der Waals surface area contributed by atoms with Crippen LogP contribution in [0.15, 0.2) is 12.1 Å². The van der Waals surface area contributed by atoms with E-state index in [4.69, 9.17) is 5.11 Å². The number of benzene rings is 1. The van der Waals surface area contributed by atoms with E-state index < -0.39 is 33.8 Å². The lowest BCUT2D eigenvalue weighted by molar-refractivity contribution is -0.388. The molecule has 0 aliphatic carbocycles. The number of nitro groups is 1. The lowest BCUT2D eigenvalue weighted by atomic mass is 10.1. The SMILES string of the molecule is CCOc1cc(O)cc([N+](=O)[O-])c1C(F)(F)F. The molecule has 17 heavy (non-hydrogen) atoms. The first-order valence-corrected chi connectivity index (χ1v) is 4.48. The first-order chi connectivity index (χ1) is 7.77. The Morgan fingerprint density at radius 2 is 2.06 bits per heavy atom. The van der Waals surface area contributed by atoms with Crippen LogP contribution < -0.4 is 4.74 Å². The number of ether oxygens (including phenoxy) is 1. The third-order valence-corrected chi connectivity index (χ3v) is 1.85. The minimum Gasteiger partial charge on any atom is -0.508 e. The van der Waals surface area contributed by atoms with Crippen LogP contribution in [-0.4, -0.2) is 16.6 Å². The van der Waals surface area contributed by atoms with Crippen molar-refractivity contribution in [1.29, 1.82) is 0 Å². The molecule has 0 saturated carbocycles. The first-order valence-electron chi connectivity index (χ1n) is 4.48. The quantitative estimate of drug-likeness (QED) is 0.662. The van der Waals surface area contributed by atoms with Gasteiger partial charge in [-0.1, -0.05) is 0 Å². The summed E-state index contributed by atoms with van der Waals surface area (Å²) in [5, 5.41) is 19.6. The van der Waals surface area contributed by atoms with Crippen LogP contribution in [0.1, 0.15) is 12.5 Å². The van der Waals surface area contributed by atoms with E-state index >= 15 is 0 Å². The number of hydrogen-bond acceptors (Lipinski definition) is 4. The number of phenols is 1. The molecule has 0 radical (unpaired) electrons. The van der Waals surface area contributed by atoms with Crippen molar-refractivity contribution >= 4 is 5.69 Å². The van der Waals surface area contributed by atoms with Crippen LogP contribution in [0.25, 0.3) is 0 Å². The molecular formula is C9H8F3NO4. The number of halogens is 3. The molecule has 0 aromatic heterocycles. The van der Waals surface area contributed by atoms with Crippen LogP contribution in [0.2, 0.25) is 0 Å². The van der Waals surface area contributed by atoms with Gasteiger partial charge in [-0.15, -0.1) is 0 Å². The number of nitro benzene ring substituents is 1. The molecule has 0 amide bonds. The summed E-state index contributed by atoms with van der Waals surface area (Å²) < 4.78 is 42.6. The van der Waals surface area contributed by atoms with Gasteiger partial charge in [0.25, 0.3) is 5.69 Å². The largest absolute Gasteiger partial charge is 0.508 e. The summed E-state index contributed by atoms with van der Waals surface area (Å²) in [5.74, 6) is -1.42. The van der Waals surface area contributed by atoms with E-state index in [1.54, 1.807) is 0 Å². The van der Waals surface area contributed by atoms with Crippen molar-refractivity contribution in [2.45, 2.75) is 13.1 Å². The van der Waals surface area contributed by atoms with Crippen molar-refractivity contribution in [3.05, 3.63) is 27.8 Å². The molecule has 0 aliphatic rings. The number of nitrogens with zero attached hydrogens (tertiary/aromatic N) is 1. The van der Waals surface area contributed by atoms with Crippen LogP contribution >= 0.6 is 0 Å². The second kappa shape index (κ2) is 4.48. The Bertz CT molecular complexity index is 445. The number of hydrogen-bond donors (Lipinski definition) is 1. The third kappa shape index (κ3) is 2.77. The maximum atomic E-state index is 12.7. The average molecular weight is 251 g/mol. The monoisotopic (exact) mass is 251 g/mol. The highest BCUT2D eigenvalue weighted by Gasteiger charge is 2.42. The van der Waals surface area contributed by atoms with E-state index in [1.165, 1.54) is 6.92 Å². The molecule has 5 nitrogen and oxygen atoms in total. The molecule has 1 aromatic rings. The summed E-state index contributed by atoms with van der Waals surface area (Å²) in [6, 6.07) is 1.13. The minimum atomic E-state index is -4.93. The lowest BCUT2D eigenvalue weighted by Crippen LogP contribution is -2.12. The second-order valence-corrected chi connectivity index (χ2v) is 3.03. The van der Waals surface area contributed by atoms with Crippen LogP contribution in [0.3, 0.4) is 0 Å². The Balaban J connectivity index is 3.53. The fraction of sp³-hybridized carbons (Fsp3) is 0.333. The molecular weight excluding hydrogens is 243 g/mol. The van der Waals surface area contributed by atoms with Gasteiger partial charge in [0, 0.05) is 6.07 Å². The maximum Gasteiger partial charge on any atom is 0.426 e. The molecule has 1 N–H and O–H groups in total. The Hall–Kier alpha value is -1.99. The van der Waals surface area contributed by atoms with E-state index in [0.29, 0.717) is 12.1 Å². The van der Waals surface area contributed by atoms with Gasteiger partial charge in [0.1, 0.15) is 11.5 Å². The highest BCUT2D eigenvalue weighted by atomic mass is 19.4. The number of phenolic OH excluding ortho intramolecular Hbond substituents is 1. The highest BCUT2D eigenvalue weighted by molar-refractivity contribution is 5.55. The summed E-state index contributed by atoms with van der Waals surface area (Å²) in [4.78, 5) is 9.30. The summed E-state index contributed by atoms with van der Waals surface area (Å²) in [6.45, 7) is 1.32. The number of aromatic hydroxyl groups is 1. The number of alkyl halides is 3. The normalized spacial score (nSPS) is 11.3. The van der Waals surface area contributed by atoms with Crippen LogP contribution in [0.4, 0.5) is 18.9 Å². The van der Waals surface area contributed by atoms with Crippen LogP contribution in [0.5, 0.6) is 11.5 Å². The van der Waals surface area contributed by atoms with Gasteiger partial charge in [-0.05, 0) is 6.92 Å². The summed E-state index contributed by atoms with van der Waals surface area (Å²) in [6.07, 6.45) is -4.93. The smallest absolute Gasteiger partial charge is 0.426 e. The predicted molar refractivity (Wildman–Crippen MR) is 50.9 cm³/mol. The van der Waals surface area contributed by atoms with Crippen molar-refractivity contribution in [3.63, 3.8) is 0 Å². The molecule has 0 saturated heterocycles.